The molecule has 0 spiro atoms. The third kappa shape index (κ3) is 2.85. The summed E-state index contributed by atoms with van der Waals surface area (Å²) in [5.74, 6) is -1.38. The summed E-state index contributed by atoms with van der Waals surface area (Å²) in [7, 11) is 0. The average molecular weight is 342 g/mol. The molecule has 2 rings (SSSR count). The van der Waals surface area contributed by atoms with Crippen molar-refractivity contribution >= 4 is 23.9 Å². The summed E-state index contributed by atoms with van der Waals surface area (Å²) < 4.78 is 57.8. The number of nitrogens with zero attached hydrogens (tertiary/aromatic N) is 1. The van der Waals surface area contributed by atoms with Gasteiger partial charge in [0.2, 0.25) is 5.60 Å². The minimum Gasteiger partial charge on any atom is -0.399 e. The predicted molar refractivity (Wildman–Crippen MR) is 77.4 cm³/mol. The smallest absolute Gasteiger partial charge is 0.399 e. The molecule has 0 aromatic heterocycles. The molecule has 0 unspecified atom stereocenters. The van der Waals surface area contributed by atoms with Crippen molar-refractivity contribution in [2.45, 2.75) is 31.2 Å². The maximum atomic E-state index is 13.9. The Morgan fingerprint density at radius 3 is 2.32 bits per heavy atom. The van der Waals surface area contributed by atoms with Gasteiger partial charge in [-0.1, -0.05) is 0 Å². The Morgan fingerprint density at radius 1 is 1.23 bits per heavy atom. The van der Waals surface area contributed by atoms with Crippen LogP contribution in [0.3, 0.4) is 0 Å². The fourth-order valence-electron chi connectivity index (χ4n) is 2.08. The molecule has 124 valence electrons. The molecule has 4 N–H and O–H groups in total. The molecular weight excluding hydrogens is 326 g/mol. The maximum Gasteiger partial charge on any atom is 0.424 e. The number of amidine groups is 1. The molecule has 0 aliphatic carbocycles. The average Bonchev–Trinajstić information content (AvgIpc) is 2.36. The second-order valence-electron chi connectivity index (χ2n) is 5.33. The van der Waals surface area contributed by atoms with Crippen molar-refractivity contribution < 1.29 is 22.3 Å². The van der Waals surface area contributed by atoms with Gasteiger partial charge in [-0.15, -0.1) is 12.4 Å². The first-order chi connectivity index (χ1) is 9.49. The number of hydrogen-bond donors (Lipinski definition) is 2. The van der Waals surface area contributed by atoms with Crippen LogP contribution in [0.15, 0.2) is 23.2 Å². The zero-order valence-electron chi connectivity index (χ0n) is 11.9. The second kappa shape index (κ2) is 5.58. The first-order valence-electron chi connectivity index (χ1n) is 6.11. The van der Waals surface area contributed by atoms with E-state index in [4.69, 9.17) is 16.2 Å². The zero-order valence-corrected chi connectivity index (χ0v) is 12.7. The number of nitrogen functional groups attached to an aromatic ring is 1. The van der Waals surface area contributed by atoms with E-state index in [2.05, 4.69) is 4.99 Å². The summed E-state index contributed by atoms with van der Waals surface area (Å²) in [5.41, 5.74) is 7.30. The van der Waals surface area contributed by atoms with Crippen LogP contribution in [0.25, 0.3) is 0 Å². The molecule has 0 saturated heterocycles. The first-order valence-corrected chi connectivity index (χ1v) is 6.11. The number of alkyl halides is 3. The molecule has 1 aliphatic heterocycles. The lowest BCUT2D eigenvalue weighted by Crippen LogP contribution is -2.60. The van der Waals surface area contributed by atoms with Crippen molar-refractivity contribution in [1.29, 1.82) is 0 Å². The number of nitrogens with two attached hydrogens (primary N) is 2. The molecule has 9 heteroatoms. The summed E-state index contributed by atoms with van der Waals surface area (Å²) in [4.78, 5) is 3.86. The van der Waals surface area contributed by atoms with Gasteiger partial charge in [0.05, 0.1) is 6.61 Å². The summed E-state index contributed by atoms with van der Waals surface area (Å²) in [6, 6.07) is 3.78. The van der Waals surface area contributed by atoms with Gasteiger partial charge < -0.3 is 16.2 Å². The van der Waals surface area contributed by atoms with E-state index >= 15 is 0 Å². The van der Waals surface area contributed by atoms with Gasteiger partial charge in [-0.05, 0) is 32.0 Å². The van der Waals surface area contributed by atoms with E-state index in [9.17, 15) is 17.6 Å². The minimum atomic E-state index is -4.71. The van der Waals surface area contributed by atoms with Crippen LogP contribution < -0.4 is 11.5 Å². The molecule has 1 aromatic rings. The Balaban J connectivity index is 0.00000242. The monoisotopic (exact) mass is 341 g/mol. The highest BCUT2D eigenvalue weighted by Gasteiger charge is 2.59. The van der Waals surface area contributed by atoms with E-state index in [1.165, 1.54) is 19.1 Å². The van der Waals surface area contributed by atoms with Crippen LogP contribution in [-0.4, -0.2) is 24.2 Å². The summed E-state index contributed by atoms with van der Waals surface area (Å²) in [5, 5.41) is 0. The van der Waals surface area contributed by atoms with Crippen molar-refractivity contribution in [3.8, 4) is 0 Å². The van der Waals surface area contributed by atoms with Crippen LogP contribution in [0, 0.1) is 5.82 Å². The molecule has 22 heavy (non-hydrogen) atoms. The molecule has 1 aromatic carbocycles. The minimum absolute atomic E-state index is 0. The summed E-state index contributed by atoms with van der Waals surface area (Å²) in [6.45, 7) is 1.76. The van der Waals surface area contributed by atoms with E-state index in [1.807, 2.05) is 0 Å². The quantitative estimate of drug-likeness (QED) is 0.609. The van der Waals surface area contributed by atoms with Crippen molar-refractivity contribution in [2.24, 2.45) is 10.7 Å². The predicted octanol–water partition coefficient (Wildman–Crippen LogP) is 2.75. The molecule has 0 bridgehead atoms. The highest BCUT2D eigenvalue weighted by molar-refractivity contribution is 5.90. The zero-order chi connectivity index (χ0) is 16.1. The van der Waals surface area contributed by atoms with Gasteiger partial charge in [-0.25, -0.2) is 4.39 Å². The highest BCUT2D eigenvalue weighted by Crippen LogP contribution is 2.41. The number of benzene rings is 1. The summed E-state index contributed by atoms with van der Waals surface area (Å²) in [6.07, 6.45) is -4.71. The van der Waals surface area contributed by atoms with Crippen LogP contribution in [-0.2, 0) is 10.3 Å². The fraction of sp³-hybridized carbons (Fsp3) is 0.462. The number of anilines is 1. The van der Waals surface area contributed by atoms with E-state index in [-0.39, 0.29) is 23.7 Å². The molecule has 4 nitrogen and oxygen atoms in total. The Labute approximate surface area is 130 Å². The van der Waals surface area contributed by atoms with E-state index in [0.29, 0.717) is 0 Å². The number of rotatable bonds is 1. The van der Waals surface area contributed by atoms with Gasteiger partial charge in [0, 0.05) is 11.3 Å². The van der Waals surface area contributed by atoms with Gasteiger partial charge >= 0.3 is 6.18 Å². The molecule has 2 atom stereocenters. The highest BCUT2D eigenvalue weighted by atomic mass is 35.5. The van der Waals surface area contributed by atoms with Crippen LogP contribution in [0.1, 0.15) is 19.4 Å². The Kier molecular flexibility index (Phi) is 4.70. The lowest BCUT2D eigenvalue weighted by Gasteiger charge is -2.41. The lowest BCUT2D eigenvalue weighted by molar-refractivity contribution is -0.249. The normalized spacial score (nSPS) is 28.7. The van der Waals surface area contributed by atoms with Crippen molar-refractivity contribution in [1.82, 2.24) is 0 Å². The van der Waals surface area contributed by atoms with Crippen LogP contribution >= 0.6 is 12.4 Å². The van der Waals surface area contributed by atoms with E-state index in [1.54, 1.807) is 0 Å². The standard InChI is InChI=1S/C13H15F4N3O.ClH/c1-11(8-5-7(18)3-4-9(8)14)6-21-12(2,10(19)20-11)13(15,16)17;/h3-5H,6,18H2,1-2H3,(H2,19,20);1H/t11-,12+;/m0./s1. The van der Waals surface area contributed by atoms with Gasteiger partial charge in [0.25, 0.3) is 0 Å². The van der Waals surface area contributed by atoms with Crippen LogP contribution in [0.2, 0.25) is 0 Å². The van der Waals surface area contributed by atoms with Gasteiger partial charge in [0.15, 0.2) is 0 Å². The SMILES string of the molecule is C[C@@]1(c2cc(N)ccc2F)CO[C@@](C)(C(F)(F)F)C(N)=N1.Cl. The van der Waals surface area contributed by atoms with Crippen LogP contribution in [0.4, 0.5) is 23.2 Å². The maximum absolute atomic E-state index is 13.9. The number of halogens is 5. The number of ether oxygens (including phenoxy) is 1. The second-order valence-corrected chi connectivity index (χ2v) is 5.33. The van der Waals surface area contributed by atoms with E-state index in [0.717, 1.165) is 13.0 Å². The molecule has 1 heterocycles. The molecule has 0 saturated carbocycles. The van der Waals surface area contributed by atoms with Gasteiger partial charge in [-0.2, -0.15) is 13.2 Å². The largest absolute Gasteiger partial charge is 0.424 e. The van der Waals surface area contributed by atoms with Crippen molar-refractivity contribution in [3.63, 3.8) is 0 Å². The summed E-state index contributed by atoms with van der Waals surface area (Å²) >= 11 is 0. The first kappa shape index (κ1) is 18.5. The fourth-order valence-corrected chi connectivity index (χ4v) is 2.08. The molecule has 0 radical (unpaired) electrons. The van der Waals surface area contributed by atoms with E-state index < -0.39 is 35.6 Å². The Hall–Kier alpha value is -1.54. The third-order valence-electron chi connectivity index (χ3n) is 3.61. The van der Waals surface area contributed by atoms with Gasteiger partial charge in [0.1, 0.15) is 17.2 Å². The van der Waals surface area contributed by atoms with Gasteiger partial charge in [-0.3, -0.25) is 4.99 Å². The Morgan fingerprint density at radius 2 is 1.82 bits per heavy atom. The number of hydrogen-bond acceptors (Lipinski definition) is 4. The number of aliphatic imine (C=N–C) groups is 1. The lowest BCUT2D eigenvalue weighted by atomic mass is 9.89. The molecular formula is C13H16ClF4N3O. The third-order valence-corrected chi connectivity index (χ3v) is 3.61. The van der Waals surface area contributed by atoms with Crippen LogP contribution in [0.5, 0.6) is 0 Å². The molecule has 0 amide bonds. The molecule has 0 fully saturated rings. The Bertz CT molecular complexity index is 607. The van der Waals surface area contributed by atoms with Crippen molar-refractivity contribution in [2.75, 3.05) is 12.3 Å². The van der Waals surface area contributed by atoms with Crippen molar-refractivity contribution in [3.05, 3.63) is 29.6 Å². The molecule has 1 aliphatic rings. The topological polar surface area (TPSA) is 73.6 Å².